The summed E-state index contributed by atoms with van der Waals surface area (Å²) in [6.45, 7) is 3.69. The van der Waals surface area contributed by atoms with Crippen LogP contribution in [0.15, 0.2) is 53.0 Å². The van der Waals surface area contributed by atoms with Crippen LogP contribution in [0.1, 0.15) is 44.2 Å². The van der Waals surface area contributed by atoms with E-state index in [-0.39, 0.29) is 11.8 Å². The lowest BCUT2D eigenvalue weighted by Crippen LogP contribution is -2.57. The van der Waals surface area contributed by atoms with Crippen LogP contribution in [0.2, 0.25) is 0 Å². The van der Waals surface area contributed by atoms with Gasteiger partial charge in [-0.2, -0.15) is 0 Å². The molecule has 2 aromatic heterocycles. The third-order valence-corrected chi connectivity index (χ3v) is 6.81. The van der Waals surface area contributed by atoms with Crippen molar-refractivity contribution in [2.45, 2.75) is 44.4 Å². The van der Waals surface area contributed by atoms with Gasteiger partial charge in [0.05, 0.1) is 17.1 Å². The molecule has 0 saturated heterocycles. The van der Waals surface area contributed by atoms with Crippen molar-refractivity contribution in [3.63, 3.8) is 0 Å². The molecule has 6 nitrogen and oxygen atoms in total. The van der Waals surface area contributed by atoms with E-state index in [1.165, 1.54) is 18.7 Å². The largest absolute Gasteiger partial charge is 0.854 e. The molecule has 3 heterocycles. The second kappa shape index (κ2) is 9.62. The number of rotatable bonds is 7. The molecule has 1 aliphatic rings. The number of benzene rings is 1. The predicted octanol–water partition coefficient (Wildman–Crippen LogP) is 4.43. The molecule has 3 aromatic rings. The lowest BCUT2D eigenvalue weighted by atomic mass is 10.0. The number of nitrogens with zero attached hydrogens (tertiary/aromatic N) is 4. The normalized spacial score (nSPS) is 15.2. The van der Waals surface area contributed by atoms with Crippen molar-refractivity contribution in [2.75, 3.05) is 10.7 Å². The highest BCUT2D eigenvalue weighted by molar-refractivity contribution is 7.99. The fraction of sp³-hybridized carbons (Fsp3) is 0.304. The number of carbonyl (C=O) groups is 1. The Balaban J connectivity index is 1.82. The van der Waals surface area contributed by atoms with Crippen LogP contribution in [0, 0.1) is 0 Å². The SMILES string of the molecule is CCCCCSc1nc([O-])c2[n+](n1)C(/C=C/c1cccs1)N(C(C)=O)c1ccccc1-2. The van der Waals surface area contributed by atoms with Gasteiger partial charge in [0.1, 0.15) is 0 Å². The second-order valence-electron chi connectivity index (χ2n) is 7.24. The zero-order valence-electron chi connectivity index (χ0n) is 17.5. The number of amides is 1. The van der Waals surface area contributed by atoms with Crippen LogP contribution in [0.25, 0.3) is 17.3 Å². The molecule has 0 bridgehead atoms. The number of para-hydroxylation sites is 1. The summed E-state index contributed by atoms with van der Waals surface area (Å²) in [4.78, 5) is 19.7. The van der Waals surface area contributed by atoms with Crippen LogP contribution >= 0.6 is 23.1 Å². The van der Waals surface area contributed by atoms with Gasteiger partial charge in [0, 0.05) is 28.7 Å². The summed E-state index contributed by atoms with van der Waals surface area (Å²) >= 11 is 3.10. The van der Waals surface area contributed by atoms with E-state index in [1.807, 2.05) is 53.9 Å². The molecule has 0 N–H and O–H groups in total. The van der Waals surface area contributed by atoms with Gasteiger partial charge in [0.15, 0.2) is 0 Å². The summed E-state index contributed by atoms with van der Waals surface area (Å²) in [6.07, 6.45) is 6.65. The summed E-state index contributed by atoms with van der Waals surface area (Å²) in [5.41, 5.74) is 1.78. The first kappa shape index (κ1) is 21.5. The monoisotopic (exact) mass is 452 g/mol. The molecule has 0 spiro atoms. The van der Waals surface area contributed by atoms with Crippen molar-refractivity contribution in [2.24, 2.45) is 0 Å². The number of hydrogen-bond donors (Lipinski definition) is 0. The highest BCUT2D eigenvalue weighted by Crippen LogP contribution is 2.39. The van der Waals surface area contributed by atoms with Crippen LogP contribution in [-0.2, 0) is 4.79 Å². The maximum absolute atomic E-state index is 13.1. The molecule has 8 heteroatoms. The van der Waals surface area contributed by atoms with Crippen LogP contribution in [-0.4, -0.2) is 21.7 Å². The summed E-state index contributed by atoms with van der Waals surface area (Å²) in [5, 5.41) is 20.2. The van der Waals surface area contributed by atoms with Gasteiger partial charge in [0.2, 0.25) is 5.91 Å². The lowest BCUT2D eigenvalue weighted by Gasteiger charge is -2.31. The van der Waals surface area contributed by atoms with Crippen LogP contribution in [0.3, 0.4) is 0 Å². The Morgan fingerprint density at radius 1 is 1.29 bits per heavy atom. The van der Waals surface area contributed by atoms with Crippen molar-refractivity contribution in [3.8, 4) is 17.1 Å². The number of fused-ring (bicyclic) bond motifs is 3. The van der Waals surface area contributed by atoms with E-state index < -0.39 is 6.17 Å². The number of carbonyl (C=O) groups excluding carboxylic acids is 1. The Kier molecular flexibility index (Phi) is 6.67. The van der Waals surface area contributed by atoms with Gasteiger partial charge in [-0.1, -0.05) is 54.4 Å². The minimum Gasteiger partial charge on any atom is -0.854 e. The number of aromatic nitrogens is 3. The molecular weight excluding hydrogens is 428 g/mol. The van der Waals surface area contributed by atoms with Crippen molar-refractivity contribution < 1.29 is 14.6 Å². The predicted molar refractivity (Wildman–Crippen MR) is 123 cm³/mol. The lowest BCUT2D eigenvalue weighted by molar-refractivity contribution is -0.762. The van der Waals surface area contributed by atoms with E-state index in [2.05, 4.69) is 11.9 Å². The van der Waals surface area contributed by atoms with Crippen molar-refractivity contribution in [3.05, 3.63) is 52.7 Å². The topological polar surface area (TPSA) is 73.0 Å². The number of hydrogen-bond acceptors (Lipinski definition) is 6. The van der Waals surface area contributed by atoms with Gasteiger partial charge < -0.3 is 5.11 Å². The Morgan fingerprint density at radius 2 is 2.13 bits per heavy atom. The number of anilines is 1. The first-order valence-corrected chi connectivity index (χ1v) is 12.2. The highest BCUT2D eigenvalue weighted by Gasteiger charge is 2.41. The van der Waals surface area contributed by atoms with Gasteiger partial charge in [-0.25, -0.2) is 9.88 Å². The van der Waals surface area contributed by atoms with Crippen molar-refractivity contribution in [1.82, 2.24) is 10.1 Å². The molecule has 31 heavy (non-hydrogen) atoms. The van der Waals surface area contributed by atoms with Gasteiger partial charge in [-0.05, 0) is 36.1 Å². The van der Waals surface area contributed by atoms with E-state index in [9.17, 15) is 9.90 Å². The minimum absolute atomic E-state index is 0.116. The average Bonchev–Trinajstić information content (AvgIpc) is 3.28. The van der Waals surface area contributed by atoms with Crippen molar-refractivity contribution in [1.29, 1.82) is 0 Å². The van der Waals surface area contributed by atoms with E-state index in [0.717, 1.165) is 29.9 Å². The molecule has 0 radical (unpaired) electrons. The van der Waals surface area contributed by atoms with Crippen molar-refractivity contribution >= 4 is 40.8 Å². The Morgan fingerprint density at radius 3 is 2.87 bits per heavy atom. The maximum atomic E-state index is 13.1. The zero-order chi connectivity index (χ0) is 21.8. The molecule has 160 valence electrons. The van der Waals surface area contributed by atoms with Gasteiger partial charge in [0.25, 0.3) is 17.0 Å². The second-order valence-corrected chi connectivity index (χ2v) is 9.28. The standard InChI is InChI=1S/C23H24N4O2S2/c1-3-4-7-14-31-23-24-22(29)21-18-10-5-6-11-19(18)26(16(2)28)20(27(21)25-23)13-12-17-9-8-15-30-17/h5-6,8-13,15,20H,3-4,7,14H2,1-2H3/b13-12+. The first-order chi connectivity index (χ1) is 15.1. The molecule has 1 atom stereocenters. The Labute approximate surface area is 190 Å². The summed E-state index contributed by atoms with van der Waals surface area (Å²) < 4.78 is 1.66. The molecule has 0 aliphatic carbocycles. The molecule has 1 aliphatic heterocycles. The van der Waals surface area contributed by atoms with Gasteiger partial charge >= 0.3 is 0 Å². The highest BCUT2D eigenvalue weighted by atomic mass is 32.2. The molecule has 4 rings (SSSR count). The van der Waals surface area contributed by atoms with E-state index >= 15 is 0 Å². The summed E-state index contributed by atoms with van der Waals surface area (Å²) in [5.74, 6) is 0.419. The first-order valence-electron chi connectivity index (χ1n) is 10.3. The van der Waals surface area contributed by atoms with E-state index in [1.54, 1.807) is 20.9 Å². The Bertz CT molecular complexity index is 1100. The van der Waals surface area contributed by atoms with E-state index in [4.69, 9.17) is 5.10 Å². The average molecular weight is 453 g/mol. The molecule has 1 amide bonds. The van der Waals surface area contributed by atoms with Crippen LogP contribution < -0.4 is 14.7 Å². The minimum atomic E-state index is -0.546. The maximum Gasteiger partial charge on any atom is 0.286 e. The number of thiophene rings is 1. The van der Waals surface area contributed by atoms with Gasteiger partial charge in [-0.15, -0.1) is 11.3 Å². The van der Waals surface area contributed by atoms with Crippen LogP contribution in [0.4, 0.5) is 5.69 Å². The third-order valence-electron chi connectivity index (χ3n) is 5.05. The molecule has 0 saturated carbocycles. The molecule has 1 unspecified atom stereocenters. The molecule has 1 aromatic carbocycles. The summed E-state index contributed by atoms with van der Waals surface area (Å²) in [6, 6.07) is 11.4. The smallest absolute Gasteiger partial charge is 0.286 e. The third kappa shape index (κ3) is 4.50. The van der Waals surface area contributed by atoms with Gasteiger partial charge in [-0.3, -0.25) is 4.79 Å². The number of unbranched alkanes of at least 4 members (excludes halogenated alkanes) is 2. The molecule has 0 fully saturated rings. The zero-order valence-corrected chi connectivity index (χ0v) is 19.2. The quantitative estimate of drug-likeness (QED) is 0.301. The Hall–Kier alpha value is -2.71. The van der Waals surface area contributed by atoms with Crippen LogP contribution in [0.5, 0.6) is 5.88 Å². The fourth-order valence-corrected chi connectivity index (χ4v) is 5.09. The number of thioether (sulfide) groups is 1. The fourth-order valence-electron chi connectivity index (χ4n) is 3.64. The van der Waals surface area contributed by atoms with E-state index in [0.29, 0.717) is 22.1 Å². The molecular formula is C23H24N4O2S2. The summed E-state index contributed by atoms with van der Waals surface area (Å²) in [7, 11) is 0.